The van der Waals surface area contributed by atoms with E-state index in [1.165, 1.54) is 0 Å². The molecule has 0 bridgehead atoms. The Balaban J connectivity index is 2.52. The number of amides is 2. The average molecular weight is 171 g/mol. The summed E-state index contributed by atoms with van der Waals surface area (Å²) in [5.41, 5.74) is 5.02. The number of nitrogens with zero attached hydrogens (tertiary/aromatic N) is 1. The van der Waals surface area contributed by atoms with Gasteiger partial charge in [-0.05, 0) is 6.92 Å². The first kappa shape index (κ1) is 8.99. The molecule has 68 valence electrons. The molecule has 0 saturated carbocycles. The predicted molar refractivity (Wildman–Crippen MR) is 43.2 cm³/mol. The molecule has 0 radical (unpaired) electrons. The summed E-state index contributed by atoms with van der Waals surface area (Å²) >= 11 is 0. The van der Waals surface area contributed by atoms with Gasteiger partial charge in [-0.1, -0.05) is 0 Å². The number of hydrogen-bond acceptors (Lipinski definition) is 3. The topological polar surface area (TPSA) is 75.4 Å². The predicted octanol–water partition coefficient (Wildman–Crippen LogP) is -1.71. The maximum Gasteiger partial charge on any atom is 0.237 e. The van der Waals surface area contributed by atoms with Crippen LogP contribution >= 0.6 is 0 Å². The van der Waals surface area contributed by atoms with Crippen molar-refractivity contribution in [1.82, 2.24) is 10.2 Å². The fourth-order valence-electron chi connectivity index (χ4n) is 1.25. The Labute approximate surface area is 70.9 Å². The van der Waals surface area contributed by atoms with Crippen LogP contribution in [0.15, 0.2) is 0 Å². The van der Waals surface area contributed by atoms with Crippen molar-refractivity contribution in [2.45, 2.75) is 13.0 Å². The van der Waals surface area contributed by atoms with Gasteiger partial charge in [0.2, 0.25) is 11.8 Å². The Hall–Kier alpha value is -1.10. The summed E-state index contributed by atoms with van der Waals surface area (Å²) in [6, 6.07) is -0.244. The van der Waals surface area contributed by atoms with E-state index in [2.05, 4.69) is 5.32 Å². The Morgan fingerprint density at radius 3 is 3.08 bits per heavy atom. The molecule has 3 N–H and O–H groups in total. The van der Waals surface area contributed by atoms with Gasteiger partial charge >= 0.3 is 0 Å². The van der Waals surface area contributed by atoms with E-state index in [4.69, 9.17) is 5.73 Å². The molecule has 1 unspecified atom stereocenters. The quantitative estimate of drug-likeness (QED) is 0.519. The maximum atomic E-state index is 11.1. The molecular formula is C7H13N3O2. The van der Waals surface area contributed by atoms with Crippen LogP contribution in [0.4, 0.5) is 0 Å². The zero-order valence-corrected chi connectivity index (χ0v) is 7.04. The van der Waals surface area contributed by atoms with Gasteiger partial charge in [-0.25, -0.2) is 0 Å². The second-order valence-corrected chi connectivity index (χ2v) is 2.90. The molecule has 1 aliphatic rings. The van der Waals surface area contributed by atoms with Crippen molar-refractivity contribution in [3.63, 3.8) is 0 Å². The Kier molecular flexibility index (Phi) is 2.65. The molecule has 2 amide bonds. The third kappa shape index (κ3) is 1.94. The van der Waals surface area contributed by atoms with Gasteiger partial charge in [-0.15, -0.1) is 0 Å². The summed E-state index contributed by atoms with van der Waals surface area (Å²) in [4.78, 5) is 23.4. The first-order valence-electron chi connectivity index (χ1n) is 3.91. The first-order chi connectivity index (χ1) is 5.61. The summed E-state index contributed by atoms with van der Waals surface area (Å²) < 4.78 is 0. The van der Waals surface area contributed by atoms with Gasteiger partial charge in [-0.2, -0.15) is 0 Å². The van der Waals surface area contributed by atoms with Crippen LogP contribution in [0.25, 0.3) is 0 Å². The Morgan fingerprint density at radius 1 is 1.83 bits per heavy atom. The van der Waals surface area contributed by atoms with Crippen LogP contribution in [0, 0.1) is 0 Å². The molecule has 1 atom stereocenters. The molecule has 1 rings (SSSR count). The molecule has 5 nitrogen and oxygen atoms in total. The molecule has 0 aromatic carbocycles. The number of hydrogen-bond donors (Lipinski definition) is 2. The van der Waals surface area contributed by atoms with Crippen molar-refractivity contribution in [3.05, 3.63) is 0 Å². The zero-order chi connectivity index (χ0) is 9.14. The lowest BCUT2D eigenvalue weighted by molar-refractivity contribution is -0.130. The Bertz CT molecular complexity index is 205. The molecule has 0 aliphatic carbocycles. The third-order valence-electron chi connectivity index (χ3n) is 1.98. The highest BCUT2D eigenvalue weighted by molar-refractivity contribution is 5.83. The lowest BCUT2D eigenvalue weighted by Gasteiger charge is -2.31. The van der Waals surface area contributed by atoms with Gasteiger partial charge in [0.15, 0.2) is 0 Å². The highest BCUT2D eigenvalue weighted by Crippen LogP contribution is 2.01. The number of nitrogens with one attached hydrogen (secondary N) is 1. The summed E-state index contributed by atoms with van der Waals surface area (Å²) in [6.45, 7) is 3.21. The van der Waals surface area contributed by atoms with Gasteiger partial charge in [-0.3, -0.25) is 14.5 Å². The molecule has 12 heavy (non-hydrogen) atoms. The van der Waals surface area contributed by atoms with Crippen LogP contribution in [-0.2, 0) is 9.59 Å². The molecule has 0 aromatic rings. The average Bonchev–Trinajstić information content (AvgIpc) is 1.98. The minimum atomic E-state index is -0.392. The number of piperazine rings is 1. The van der Waals surface area contributed by atoms with Crippen LogP contribution in [0.5, 0.6) is 0 Å². The van der Waals surface area contributed by atoms with E-state index in [1.54, 1.807) is 11.8 Å². The number of nitrogens with two attached hydrogens (primary N) is 1. The second-order valence-electron chi connectivity index (χ2n) is 2.90. The lowest BCUT2D eigenvalue weighted by atomic mass is 10.2. The molecule has 1 saturated heterocycles. The number of carbonyl (C=O) groups is 2. The monoisotopic (exact) mass is 171 g/mol. The number of rotatable bonds is 2. The fraction of sp³-hybridized carbons (Fsp3) is 0.714. The van der Waals surface area contributed by atoms with Crippen molar-refractivity contribution >= 4 is 11.8 Å². The second kappa shape index (κ2) is 3.53. The van der Waals surface area contributed by atoms with Gasteiger partial charge in [0.1, 0.15) is 0 Å². The molecule has 0 spiro atoms. The molecular weight excluding hydrogens is 158 g/mol. The van der Waals surface area contributed by atoms with Crippen LogP contribution in [0.3, 0.4) is 0 Å². The molecule has 1 aliphatic heterocycles. The van der Waals surface area contributed by atoms with Gasteiger partial charge in [0.05, 0.1) is 12.6 Å². The standard InChI is InChI=1S/C7H13N3O2/c1-5-7(12)9-2-3-10(5)4-6(8)11/h5H,2-4H2,1H3,(H2,8,11)(H,9,12). The summed E-state index contributed by atoms with van der Waals surface area (Å²) in [5, 5.41) is 2.70. The highest BCUT2D eigenvalue weighted by atomic mass is 16.2. The fourth-order valence-corrected chi connectivity index (χ4v) is 1.25. The van der Waals surface area contributed by atoms with E-state index in [0.29, 0.717) is 13.1 Å². The largest absolute Gasteiger partial charge is 0.369 e. The van der Waals surface area contributed by atoms with Crippen molar-refractivity contribution in [1.29, 1.82) is 0 Å². The molecule has 0 aromatic heterocycles. The summed E-state index contributed by atoms with van der Waals surface area (Å²) in [5.74, 6) is -0.431. The SMILES string of the molecule is CC1C(=O)NCCN1CC(N)=O. The third-order valence-corrected chi connectivity index (χ3v) is 1.98. The van der Waals surface area contributed by atoms with Crippen molar-refractivity contribution in [2.24, 2.45) is 5.73 Å². The van der Waals surface area contributed by atoms with Crippen LogP contribution in [0.1, 0.15) is 6.92 Å². The molecule has 5 heteroatoms. The van der Waals surface area contributed by atoms with Crippen molar-refractivity contribution < 1.29 is 9.59 Å². The normalized spacial score (nSPS) is 25.1. The minimum Gasteiger partial charge on any atom is -0.369 e. The van der Waals surface area contributed by atoms with E-state index < -0.39 is 5.91 Å². The lowest BCUT2D eigenvalue weighted by Crippen LogP contribution is -2.55. The number of carbonyl (C=O) groups excluding carboxylic acids is 2. The van der Waals surface area contributed by atoms with E-state index in [-0.39, 0.29) is 18.5 Å². The van der Waals surface area contributed by atoms with Crippen LogP contribution in [-0.4, -0.2) is 42.4 Å². The highest BCUT2D eigenvalue weighted by Gasteiger charge is 2.25. The van der Waals surface area contributed by atoms with Crippen molar-refractivity contribution in [2.75, 3.05) is 19.6 Å². The van der Waals surface area contributed by atoms with E-state index in [0.717, 1.165) is 0 Å². The van der Waals surface area contributed by atoms with Gasteiger partial charge in [0.25, 0.3) is 0 Å². The minimum absolute atomic E-state index is 0.0394. The Morgan fingerprint density at radius 2 is 2.50 bits per heavy atom. The first-order valence-corrected chi connectivity index (χ1v) is 3.91. The molecule has 1 fully saturated rings. The van der Waals surface area contributed by atoms with Gasteiger partial charge < -0.3 is 11.1 Å². The zero-order valence-electron chi connectivity index (χ0n) is 7.04. The molecule has 1 heterocycles. The smallest absolute Gasteiger partial charge is 0.237 e. The van der Waals surface area contributed by atoms with Crippen molar-refractivity contribution in [3.8, 4) is 0 Å². The van der Waals surface area contributed by atoms with E-state index >= 15 is 0 Å². The van der Waals surface area contributed by atoms with E-state index in [1.807, 2.05) is 0 Å². The van der Waals surface area contributed by atoms with E-state index in [9.17, 15) is 9.59 Å². The van der Waals surface area contributed by atoms with Crippen LogP contribution in [0.2, 0.25) is 0 Å². The van der Waals surface area contributed by atoms with Gasteiger partial charge in [0, 0.05) is 13.1 Å². The summed E-state index contributed by atoms with van der Waals surface area (Å²) in [6.07, 6.45) is 0. The van der Waals surface area contributed by atoms with Crippen LogP contribution < -0.4 is 11.1 Å². The maximum absolute atomic E-state index is 11.1. The number of primary amides is 1. The summed E-state index contributed by atoms with van der Waals surface area (Å²) in [7, 11) is 0.